The zero-order valence-corrected chi connectivity index (χ0v) is 16.0. The molecule has 2 amide bonds. The number of carbonyl (C=O) groups is 3. The summed E-state index contributed by atoms with van der Waals surface area (Å²) >= 11 is 0. The number of ether oxygens (including phenoxy) is 2. The summed E-state index contributed by atoms with van der Waals surface area (Å²) in [4.78, 5) is 37.1. The number of nitrogens with one attached hydrogen (secondary N) is 1. The van der Waals surface area contributed by atoms with E-state index in [0.29, 0.717) is 6.54 Å². The molecule has 28 heavy (non-hydrogen) atoms. The van der Waals surface area contributed by atoms with Gasteiger partial charge in [-0.3, -0.25) is 14.4 Å². The topological polar surface area (TPSA) is 84.9 Å². The highest BCUT2D eigenvalue weighted by atomic mass is 16.5. The average molecular weight is 384 g/mol. The van der Waals surface area contributed by atoms with Gasteiger partial charge in [-0.05, 0) is 23.3 Å². The van der Waals surface area contributed by atoms with Crippen LogP contribution in [0.5, 0.6) is 5.75 Å². The standard InChI is InChI=1S/C21H24N2O5/c1-23(14-17-8-10-18(27-2)11-9-17)20(25)15-28-21(26)13-22-19(24)12-16-6-4-3-5-7-16/h3-11H,12-15H2,1-2H3,(H,22,24). The molecule has 0 saturated heterocycles. The van der Waals surface area contributed by atoms with Gasteiger partial charge in [-0.1, -0.05) is 42.5 Å². The Labute approximate surface area is 164 Å². The number of likely N-dealkylation sites (N-methyl/N-ethyl adjacent to an activating group) is 1. The first-order valence-corrected chi connectivity index (χ1v) is 8.81. The van der Waals surface area contributed by atoms with Gasteiger partial charge in [0.1, 0.15) is 12.3 Å². The first kappa shape index (κ1) is 21.0. The Morgan fingerprint density at radius 3 is 2.29 bits per heavy atom. The first-order chi connectivity index (χ1) is 13.5. The quantitative estimate of drug-likeness (QED) is 0.663. The molecule has 0 aliphatic rings. The van der Waals surface area contributed by atoms with Crippen molar-refractivity contribution in [2.75, 3.05) is 27.3 Å². The highest BCUT2D eigenvalue weighted by Crippen LogP contribution is 2.12. The van der Waals surface area contributed by atoms with Crippen molar-refractivity contribution in [3.63, 3.8) is 0 Å². The summed E-state index contributed by atoms with van der Waals surface area (Å²) in [6.07, 6.45) is 0.178. The van der Waals surface area contributed by atoms with Crippen LogP contribution in [0.15, 0.2) is 54.6 Å². The van der Waals surface area contributed by atoms with Crippen LogP contribution in [-0.4, -0.2) is 50.0 Å². The SMILES string of the molecule is COc1ccc(CN(C)C(=O)COC(=O)CNC(=O)Cc2ccccc2)cc1. The maximum absolute atomic E-state index is 12.1. The second-order valence-electron chi connectivity index (χ2n) is 6.20. The van der Waals surface area contributed by atoms with Gasteiger partial charge < -0.3 is 19.7 Å². The summed E-state index contributed by atoms with van der Waals surface area (Å²) in [5.41, 5.74) is 1.78. The lowest BCUT2D eigenvalue weighted by atomic mass is 10.1. The number of amides is 2. The summed E-state index contributed by atoms with van der Waals surface area (Å²) in [6.45, 7) is -0.268. The number of nitrogens with zero attached hydrogens (tertiary/aromatic N) is 1. The van der Waals surface area contributed by atoms with E-state index in [1.165, 1.54) is 4.90 Å². The van der Waals surface area contributed by atoms with Crippen LogP contribution < -0.4 is 10.1 Å². The fourth-order valence-corrected chi connectivity index (χ4v) is 2.41. The Morgan fingerprint density at radius 2 is 1.64 bits per heavy atom. The second-order valence-corrected chi connectivity index (χ2v) is 6.20. The molecule has 0 saturated carbocycles. The molecule has 0 aromatic heterocycles. The fraction of sp³-hybridized carbons (Fsp3) is 0.286. The van der Waals surface area contributed by atoms with E-state index in [4.69, 9.17) is 9.47 Å². The monoisotopic (exact) mass is 384 g/mol. The highest BCUT2D eigenvalue weighted by molar-refractivity contribution is 5.85. The van der Waals surface area contributed by atoms with Crippen molar-refractivity contribution in [2.45, 2.75) is 13.0 Å². The van der Waals surface area contributed by atoms with Gasteiger partial charge in [0.15, 0.2) is 6.61 Å². The van der Waals surface area contributed by atoms with Crippen molar-refractivity contribution in [3.8, 4) is 5.75 Å². The largest absolute Gasteiger partial charge is 0.497 e. The number of carbonyl (C=O) groups excluding carboxylic acids is 3. The molecule has 7 heteroatoms. The molecule has 0 spiro atoms. The lowest BCUT2D eigenvalue weighted by molar-refractivity contribution is -0.151. The predicted molar refractivity (Wildman–Crippen MR) is 104 cm³/mol. The minimum atomic E-state index is -0.660. The molecule has 0 radical (unpaired) electrons. The Hall–Kier alpha value is -3.35. The van der Waals surface area contributed by atoms with Crippen LogP contribution >= 0.6 is 0 Å². The maximum atomic E-state index is 12.1. The molecule has 0 atom stereocenters. The molecule has 2 rings (SSSR count). The Kier molecular flexibility index (Phi) is 8.02. The summed E-state index contributed by atoms with van der Waals surface area (Å²) < 4.78 is 10.0. The minimum absolute atomic E-state index is 0.178. The first-order valence-electron chi connectivity index (χ1n) is 8.81. The summed E-state index contributed by atoms with van der Waals surface area (Å²) in [5.74, 6) is -0.542. The number of esters is 1. The third kappa shape index (κ3) is 7.11. The Bertz CT molecular complexity index is 790. The van der Waals surface area contributed by atoms with Crippen molar-refractivity contribution in [1.82, 2.24) is 10.2 Å². The summed E-state index contributed by atoms with van der Waals surface area (Å²) in [5, 5.41) is 2.48. The van der Waals surface area contributed by atoms with Crippen LogP contribution in [0.1, 0.15) is 11.1 Å². The van der Waals surface area contributed by atoms with Crippen LogP contribution in [0.3, 0.4) is 0 Å². The molecule has 0 heterocycles. The molecular formula is C21H24N2O5. The third-order valence-electron chi connectivity index (χ3n) is 4.00. The second kappa shape index (κ2) is 10.7. The van der Waals surface area contributed by atoms with E-state index in [1.807, 2.05) is 54.6 Å². The van der Waals surface area contributed by atoms with E-state index >= 15 is 0 Å². The van der Waals surface area contributed by atoms with E-state index in [1.54, 1.807) is 14.2 Å². The van der Waals surface area contributed by atoms with Gasteiger partial charge in [0.05, 0.1) is 13.5 Å². The number of hydrogen-bond acceptors (Lipinski definition) is 5. The van der Waals surface area contributed by atoms with Gasteiger partial charge in [0.2, 0.25) is 5.91 Å². The molecule has 0 aliphatic heterocycles. The molecule has 2 aromatic rings. The van der Waals surface area contributed by atoms with Gasteiger partial charge in [-0.2, -0.15) is 0 Å². The molecule has 148 valence electrons. The number of hydrogen-bond donors (Lipinski definition) is 1. The zero-order chi connectivity index (χ0) is 20.4. The summed E-state index contributed by atoms with van der Waals surface area (Å²) in [6, 6.07) is 16.5. The van der Waals surface area contributed by atoms with Crippen LogP contribution in [0.2, 0.25) is 0 Å². The maximum Gasteiger partial charge on any atom is 0.325 e. The van der Waals surface area contributed by atoms with Gasteiger partial charge in [0.25, 0.3) is 5.91 Å². The van der Waals surface area contributed by atoms with Crippen LogP contribution in [0.4, 0.5) is 0 Å². The molecular weight excluding hydrogens is 360 g/mol. The molecule has 1 N–H and O–H groups in total. The molecule has 7 nitrogen and oxygen atoms in total. The molecule has 0 fully saturated rings. The summed E-state index contributed by atoms with van der Waals surface area (Å²) in [7, 11) is 3.21. The zero-order valence-electron chi connectivity index (χ0n) is 16.0. The van der Waals surface area contributed by atoms with Gasteiger partial charge in [0, 0.05) is 13.6 Å². The van der Waals surface area contributed by atoms with Crippen molar-refractivity contribution < 1.29 is 23.9 Å². The number of methoxy groups -OCH3 is 1. The number of benzene rings is 2. The van der Waals surface area contributed by atoms with Crippen molar-refractivity contribution in [2.24, 2.45) is 0 Å². The van der Waals surface area contributed by atoms with Crippen molar-refractivity contribution >= 4 is 17.8 Å². The molecule has 0 bridgehead atoms. The van der Waals surface area contributed by atoms with Crippen LogP contribution in [-0.2, 0) is 32.1 Å². The lowest BCUT2D eigenvalue weighted by Gasteiger charge is -2.17. The van der Waals surface area contributed by atoms with Gasteiger partial charge in [-0.25, -0.2) is 0 Å². The van der Waals surface area contributed by atoms with Crippen molar-refractivity contribution in [1.29, 1.82) is 0 Å². The van der Waals surface area contributed by atoms with E-state index in [0.717, 1.165) is 16.9 Å². The molecule has 2 aromatic carbocycles. The molecule has 0 aliphatic carbocycles. The Balaban J connectivity index is 1.67. The van der Waals surface area contributed by atoms with Gasteiger partial charge in [-0.15, -0.1) is 0 Å². The van der Waals surface area contributed by atoms with E-state index < -0.39 is 5.97 Å². The average Bonchev–Trinajstić information content (AvgIpc) is 2.71. The molecule has 0 unspecified atom stereocenters. The van der Waals surface area contributed by atoms with E-state index in [2.05, 4.69) is 5.32 Å². The van der Waals surface area contributed by atoms with E-state index in [-0.39, 0.29) is 31.4 Å². The predicted octanol–water partition coefficient (Wildman–Crippen LogP) is 1.56. The number of rotatable bonds is 9. The highest BCUT2D eigenvalue weighted by Gasteiger charge is 2.13. The van der Waals surface area contributed by atoms with Crippen LogP contribution in [0.25, 0.3) is 0 Å². The third-order valence-corrected chi connectivity index (χ3v) is 4.00. The Morgan fingerprint density at radius 1 is 0.964 bits per heavy atom. The lowest BCUT2D eigenvalue weighted by Crippen LogP contribution is -2.35. The van der Waals surface area contributed by atoms with Crippen molar-refractivity contribution in [3.05, 3.63) is 65.7 Å². The normalized spacial score (nSPS) is 10.1. The van der Waals surface area contributed by atoms with Gasteiger partial charge >= 0.3 is 5.97 Å². The van der Waals surface area contributed by atoms with E-state index in [9.17, 15) is 14.4 Å². The minimum Gasteiger partial charge on any atom is -0.497 e. The van der Waals surface area contributed by atoms with Crippen LogP contribution in [0, 0.1) is 0 Å². The fourth-order valence-electron chi connectivity index (χ4n) is 2.41. The smallest absolute Gasteiger partial charge is 0.325 e.